The van der Waals surface area contributed by atoms with E-state index in [0.29, 0.717) is 6.54 Å². The second kappa shape index (κ2) is 19.8. The Morgan fingerprint density at radius 2 is 1.32 bits per heavy atom. The van der Waals surface area contributed by atoms with Gasteiger partial charge in [-0.15, -0.1) is 11.8 Å². The van der Waals surface area contributed by atoms with E-state index in [1.165, 1.54) is 96.4 Å². The van der Waals surface area contributed by atoms with E-state index in [0.717, 1.165) is 25.0 Å². The zero-order chi connectivity index (χ0) is 22.5. The summed E-state index contributed by atoms with van der Waals surface area (Å²) < 4.78 is 9.77. The first kappa shape index (κ1) is 28.1. The number of carbonyl (C=O) groups excluding carboxylic acids is 2. The van der Waals surface area contributed by atoms with Gasteiger partial charge in [0, 0.05) is 6.54 Å². The highest BCUT2D eigenvalue weighted by atomic mass is 32.2. The molecule has 1 aliphatic heterocycles. The van der Waals surface area contributed by atoms with Crippen LogP contribution in [0, 0.1) is 0 Å². The monoisotopic (exact) mass is 456 g/mol. The summed E-state index contributed by atoms with van der Waals surface area (Å²) in [4.78, 5) is 22.0. The van der Waals surface area contributed by atoms with Crippen LogP contribution in [0.15, 0.2) is 0 Å². The maximum absolute atomic E-state index is 11.8. The number of ether oxygens (including phenoxy) is 2. The average Bonchev–Trinajstić information content (AvgIpc) is 2.75. The summed E-state index contributed by atoms with van der Waals surface area (Å²) in [5, 5.41) is 2.82. The van der Waals surface area contributed by atoms with Crippen molar-refractivity contribution in [2.24, 2.45) is 0 Å². The lowest BCUT2D eigenvalue weighted by Gasteiger charge is -2.38. The van der Waals surface area contributed by atoms with Crippen LogP contribution in [-0.4, -0.2) is 42.8 Å². The standard InChI is InChI=1S/C25H46NO4S/c1-2-3-4-5-6-7-8-9-10-11-12-13-14-15-16-17-19-26-24(28)30-22-25(18-20-31-25)21-29-23-27/h2-22H2,1H3,(H,26,28). The molecule has 0 aromatic rings. The van der Waals surface area contributed by atoms with E-state index in [1.807, 2.05) is 0 Å². The molecule has 1 N–H and O–H groups in total. The van der Waals surface area contributed by atoms with Gasteiger partial charge in [-0.2, -0.15) is 0 Å². The number of amides is 1. The smallest absolute Gasteiger partial charge is 0.417 e. The zero-order valence-corrected chi connectivity index (χ0v) is 20.7. The average molecular weight is 457 g/mol. The summed E-state index contributed by atoms with van der Waals surface area (Å²) in [5.74, 6) is 1.01. The van der Waals surface area contributed by atoms with Crippen molar-refractivity contribution in [1.82, 2.24) is 5.32 Å². The quantitative estimate of drug-likeness (QED) is 0.179. The largest absolute Gasteiger partial charge is 0.456 e. The normalized spacial score (nSPS) is 17.7. The Bertz CT molecular complexity index is 443. The van der Waals surface area contributed by atoms with Crippen LogP contribution in [0.5, 0.6) is 0 Å². The molecule has 1 amide bonds. The molecule has 5 nitrogen and oxygen atoms in total. The van der Waals surface area contributed by atoms with Crippen LogP contribution in [-0.2, 0) is 14.3 Å². The van der Waals surface area contributed by atoms with E-state index in [1.54, 1.807) is 11.8 Å². The number of thioether (sulfide) groups is 1. The fourth-order valence-corrected chi connectivity index (χ4v) is 5.00. The van der Waals surface area contributed by atoms with E-state index in [2.05, 4.69) is 12.2 Å². The predicted octanol–water partition coefficient (Wildman–Crippen LogP) is 6.93. The van der Waals surface area contributed by atoms with Gasteiger partial charge in [-0.25, -0.2) is 9.59 Å². The highest BCUT2D eigenvalue weighted by molar-refractivity contribution is 8.02. The Labute approximate surface area is 195 Å². The van der Waals surface area contributed by atoms with Crippen LogP contribution in [0.4, 0.5) is 4.79 Å². The number of unbranched alkanes of at least 4 members (excludes halogenated alkanes) is 15. The maximum atomic E-state index is 11.8. The van der Waals surface area contributed by atoms with Crippen LogP contribution >= 0.6 is 11.8 Å². The number of carbonyl (C=O) groups is 1. The molecule has 1 aliphatic rings. The number of hydrogen-bond acceptors (Lipinski definition) is 5. The van der Waals surface area contributed by atoms with Crippen molar-refractivity contribution in [3.05, 3.63) is 0 Å². The van der Waals surface area contributed by atoms with Crippen molar-refractivity contribution in [3.8, 4) is 0 Å². The molecule has 1 unspecified atom stereocenters. The molecular formula is C25H46NO4S. The molecule has 0 aliphatic carbocycles. The second-order valence-electron chi connectivity index (χ2n) is 8.96. The Balaban J connectivity index is 1.78. The van der Waals surface area contributed by atoms with Crippen molar-refractivity contribution in [2.45, 2.75) is 121 Å². The van der Waals surface area contributed by atoms with Gasteiger partial charge >= 0.3 is 12.6 Å². The summed E-state index contributed by atoms with van der Waals surface area (Å²) in [6, 6.07) is 0. The molecule has 1 radical (unpaired) electrons. The number of rotatable bonds is 22. The summed E-state index contributed by atoms with van der Waals surface area (Å²) in [6.45, 7) is 4.92. The SMILES string of the molecule is CCCCCCCCCCCCCCCCCCNC(=O)OCC1(CO[C]=O)CCS1. The lowest BCUT2D eigenvalue weighted by atomic mass is 10.0. The van der Waals surface area contributed by atoms with Crippen molar-refractivity contribution >= 4 is 24.3 Å². The molecule has 0 saturated carbocycles. The topological polar surface area (TPSA) is 64.6 Å². The maximum Gasteiger partial charge on any atom is 0.417 e. The molecular weight excluding hydrogens is 410 g/mol. The van der Waals surface area contributed by atoms with E-state index in [4.69, 9.17) is 9.47 Å². The zero-order valence-electron chi connectivity index (χ0n) is 19.9. The van der Waals surface area contributed by atoms with Crippen LogP contribution in [0.2, 0.25) is 0 Å². The first-order valence-corrected chi connectivity index (χ1v) is 13.7. The highest BCUT2D eigenvalue weighted by Gasteiger charge is 2.40. The van der Waals surface area contributed by atoms with E-state index >= 15 is 0 Å². The molecule has 1 rings (SSSR count). The number of alkyl carbamates (subject to hydrolysis) is 1. The van der Waals surface area contributed by atoms with Gasteiger partial charge in [0.1, 0.15) is 13.2 Å². The van der Waals surface area contributed by atoms with E-state index in [9.17, 15) is 9.59 Å². The Morgan fingerprint density at radius 3 is 1.74 bits per heavy atom. The lowest BCUT2D eigenvalue weighted by Crippen LogP contribution is -2.45. The van der Waals surface area contributed by atoms with Gasteiger partial charge in [0.25, 0.3) is 0 Å². The Morgan fingerprint density at radius 1 is 0.839 bits per heavy atom. The van der Waals surface area contributed by atoms with Gasteiger partial charge in [-0.1, -0.05) is 103 Å². The third-order valence-electron chi connectivity index (χ3n) is 6.13. The minimum absolute atomic E-state index is 0.258. The van der Waals surface area contributed by atoms with Crippen LogP contribution in [0.1, 0.15) is 116 Å². The summed E-state index contributed by atoms with van der Waals surface area (Å²) in [5.41, 5.74) is 0. The minimum atomic E-state index is -0.372. The molecule has 0 aromatic carbocycles. The van der Waals surface area contributed by atoms with Gasteiger partial charge < -0.3 is 14.8 Å². The third-order valence-corrected chi connectivity index (χ3v) is 7.59. The predicted molar refractivity (Wildman–Crippen MR) is 130 cm³/mol. The van der Waals surface area contributed by atoms with Gasteiger partial charge in [-0.3, -0.25) is 0 Å². The molecule has 1 fully saturated rings. The first-order valence-electron chi connectivity index (χ1n) is 12.8. The van der Waals surface area contributed by atoms with Crippen LogP contribution < -0.4 is 5.32 Å². The van der Waals surface area contributed by atoms with Crippen molar-refractivity contribution in [3.63, 3.8) is 0 Å². The molecule has 0 spiro atoms. The molecule has 1 atom stereocenters. The van der Waals surface area contributed by atoms with Gasteiger partial charge in [0.05, 0.1) is 4.75 Å². The van der Waals surface area contributed by atoms with Gasteiger partial charge in [0.15, 0.2) is 0 Å². The van der Waals surface area contributed by atoms with E-state index in [-0.39, 0.29) is 24.1 Å². The lowest BCUT2D eigenvalue weighted by molar-refractivity contribution is 0.112. The minimum Gasteiger partial charge on any atom is -0.456 e. The Hall–Kier alpha value is -0.910. The van der Waals surface area contributed by atoms with Gasteiger partial charge in [-0.05, 0) is 18.6 Å². The molecule has 6 heteroatoms. The Kier molecular flexibility index (Phi) is 17.9. The molecule has 1 saturated heterocycles. The summed E-state index contributed by atoms with van der Waals surface area (Å²) in [6.07, 6.45) is 22.0. The fraction of sp³-hybridized carbons (Fsp3) is 0.920. The second-order valence-corrected chi connectivity index (χ2v) is 10.5. The van der Waals surface area contributed by atoms with Crippen LogP contribution in [0.25, 0.3) is 0 Å². The fourth-order valence-electron chi connectivity index (χ4n) is 3.93. The van der Waals surface area contributed by atoms with Crippen molar-refractivity contribution < 1.29 is 19.1 Å². The first-order chi connectivity index (χ1) is 15.2. The van der Waals surface area contributed by atoms with Crippen LogP contribution in [0.3, 0.4) is 0 Å². The van der Waals surface area contributed by atoms with Crippen molar-refractivity contribution in [2.75, 3.05) is 25.5 Å². The highest BCUT2D eigenvalue weighted by Crippen LogP contribution is 2.41. The number of hydrogen-bond donors (Lipinski definition) is 1. The molecule has 0 bridgehead atoms. The number of nitrogens with one attached hydrogen (secondary N) is 1. The summed E-state index contributed by atoms with van der Waals surface area (Å²) in [7, 11) is 0. The van der Waals surface area contributed by atoms with Crippen molar-refractivity contribution in [1.29, 1.82) is 0 Å². The molecule has 0 aromatic heterocycles. The molecule has 181 valence electrons. The third kappa shape index (κ3) is 15.5. The van der Waals surface area contributed by atoms with E-state index < -0.39 is 0 Å². The summed E-state index contributed by atoms with van der Waals surface area (Å²) >= 11 is 1.68. The van der Waals surface area contributed by atoms with Gasteiger partial charge in [0.2, 0.25) is 0 Å². The molecule has 1 heterocycles. The molecule has 31 heavy (non-hydrogen) atoms.